The fourth-order valence-electron chi connectivity index (χ4n) is 3.59. The van der Waals surface area contributed by atoms with Gasteiger partial charge in [0.15, 0.2) is 0 Å². The third kappa shape index (κ3) is 5.39. The highest BCUT2D eigenvalue weighted by Crippen LogP contribution is 2.23. The highest BCUT2D eigenvalue weighted by molar-refractivity contribution is 6.31. The average molecular weight is 428 g/mol. The number of carbonyl (C=O) groups is 3. The van der Waals surface area contributed by atoms with Gasteiger partial charge in [0.1, 0.15) is 0 Å². The van der Waals surface area contributed by atoms with Crippen LogP contribution in [0.3, 0.4) is 0 Å². The minimum absolute atomic E-state index is 0.0349. The Hall–Kier alpha value is -2.86. The maximum Gasteiger partial charge on any atom is 0.244 e. The van der Waals surface area contributed by atoms with Crippen LogP contribution in [0, 0.1) is 12.8 Å². The minimum atomic E-state index is -0.429. The Kier molecular flexibility index (Phi) is 7.11. The molecule has 1 fully saturated rings. The van der Waals surface area contributed by atoms with Crippen LogP contribution in [0.5, 0.6) is 0 Å². The predicted molar refractivity (Wildman–Crippen MR) is 117 cm³/mol. The summed E-state index contributed by atoms with van der Waals surface area (Å²) in [6.07, 6.45) is 0.178. The Morgan fingerprint density at radius 1 is 1.20 bits per heavy atom. The van der Waals surface area contributed by atoms with Crippen molar-refractivity contribution in [1.82, 2.24) is 9.80 Å². The molecule has 0 aromatic heterocycles. The molecule has 0 aliphatic carbocycles. The number of likely N-dealkylation sites (tertiary alicyclic amines) is 1. The maximum absolute atomic E-state index is 13.0. The van der Waals surface area contributed by atoms with Gasteiger partial charge in [0.05, 0.1) is 12.5 Å². The van der Waals surface area contributed by atoms with E-state index in [1.807, 2.05) is 50.2 Å². The van der Waals surface area contributed by atoms with Crippen LogP contribution in [-0.2, 0) is 20.9 Å². The number of anilines is 1. The standard InChI is InChI=1S/C23H26ClN3O3/c1-3-26(15-21(28)25-20-12-19(24)10-9-16(20)2)23(30)18-11-22(29)27(14-18)13-17-7-5-4-6-8-17/h4-10,12,18H,3,11,13-15H2,1-2H3,(H,25,28)/t18-/m0/s1. The van der Waals surface area contributed by atoms with E-state index in [9.17, 15) is 14.4 Å². The normalized spacial score (nSPS) is 15.9. The molecule has 30 heavy (non-hydrogen) atoms. The van der Waals surface area contributed by atoms with Gasteiger partial charge in [0.2, 0.25) is 17.7 Å². The molecule has 1 aliphatic rings. The second-order valence-electron chi connectivity index (χ2n) is 7.52. The lowest BCUT2D eigenvalue weighted by Gasteiger charge is -2.24. The number of carbonyl (C=O) groups excluding carboxylic acids is 3. The van der Waals surface area contributed by atoms with Crippen molar-refractivity contribution >= 4 is 35.0 Å². The average Bonchev–Trinajstić information content (AvgIpc) is 3.09. The van der Waals surface area contributed by atoms with Crippen LogP contribution >= 0.6 is 11.6 Å². The second kappa shape index (κ2) is 9.76. The van der Waals surface area contributed by atoms with E-state index >= 15 is 0 Å². The van der Waals surface area contributed by atoms with Gasteiger partial charge in [-0.05, 0) is 37.1 Å². The SMILES string of the molecule is CCN(CC(=O)Nc1cc(Cl)ccc1C)C(=O)[C@H]1CC(=O)N(Cc2ccccc2)C1. The number of benzene rings is 2. The number of nitrogens with zero attached hydrogens (tertiary/aromatic N) is 2. The molecule has 1 heterocycles. The van der Waals surface area contributed by atoms with Crippen molar-refractivity contribution in [1.29, 1.82) is 0 Å². The lowest BCUT2D eigenvalue weighted by molar-refractivity contribution is -0.138. The molecule has 3 amide bonds. The largest absolute Gasteiger partial charge is 0.338 e. The molecule has 2 aromatic rings. The van der Waals surface area contributed by atoms with Gasteiger partial charge in [-0.25, -0.2) is 0 Å². The molecule has 0 bridgehead atoms. The van der Waals surface area contributed by atoms with Crippen molar-refractivity contribution in [3.8, 4) is 0 Å². The number of amides is 3. The Morgan fingerprint density at radius 2 is 1.93 bits per heavy atom. The molecular formula is C23H26ClN3O3. The molecule has 0 radical (unpaired) electrons. The number of rotatable bonds is 7. The summed E-state index contributed by atoms with van der Waals surface area (Å²) >= 11 is 6.00. The van der Waals surface area contributed by atoms with Gasteiger partial charge in [-0.15, -0.1) is 0 Å². The van der Waals surface area contributed by atoms with Gasteiger partial charge in [-0.1, -0.05) is 48.0 Å². The first kappa shape index (κ1) is 21.8. The molecule has 1 atom stereocenters. The summed E-state index contributed by atoms with van der Waals surface area (Å²) in [6.45, 7) is 4.89. The molecule has 2 aromatic carbocycles. The van der Waals surface area contributed by atoms with E-state index in [4.69, 9.17) is 11.6 Å². The summed E-state index contributed by atoms with van der Waals surface area (Å²) in [5.41, 5.74) is 2.55. The zero-order valence-electron chi connectivity index (χ0n) is 17.2. The number of nitrogens with one attached hydrogen (secondary N) is 1. The monoisotopic (exact) mass is 427 g/mol. The number of hydrogen-bond donors (Lipinski definition) is 1. The van der Waals surface area contributed by atoms with E-state index in [0.29, 0.717) is 30.3 Å². The van der Waals surface area contributed by atoms with Crippen LogP contribution in [0.15, 0.2) is 48.5 Å². The topological polar surface area (TPSA) is 69.7 Å². The van der Waals surface area contributed by atoms with E-state index < -0.39 is 5.92 Å². The molecule has 0 saturated carbocycles. The van der Waals surface area contributed by atoms with Gasteiger partial charge >= 0.3 is 0 Å². The maximum atomic E-state index is 13.0. The molecule has 158 valence electrons. The fourth-order valence-corrected chi connectivity index (χ4v) is 3.76. The third-order valence-electron chi connectivity index (χ3n) is 5.28. The van der Waals surface area contributed by atoms with Crippen LogP contribution in [0.1, 0.15) is 24.5 Å². The summed E-state index contributed by atoms with van der Waals surface area (Å²) in [6, 6.07) is 15.0. The van der Waals surface area contributed by atoms with E-state index in [-0.39, 0.29) is 30.7 Å². The molecular weight excluding hydrogens is 402 g/mol. The van der Waals surface area contributed by atoms with Crippen molar-refractivity contribution in [2.24, 2.45) is 5.92 Å². The van der Waals surface area contributed by atoms with E-state index in [0.717, 1.165) is 11.1 Å². The van der Waals surface area contributed by atoms with Gasteiger partial charge in [-0.2, -0.15) is 0 Å². The molecule has 1 N–H and O–H groups in total. The van der Waals surface area contributed by atoms with Crippen molar-refractivity contribution in [2.45, 2.75) is 26.8 Å². The van der Waals surface area contributed by atoms with Crippen molar-refractivity contribution in [3.05, 3.63) is 64.7 Å². The fraction of sp³-hybridized carbons (Fsp3) is 0.348. The first-order valence-corrected chi connectivity index (χ1v) is 10.4. The van der Waals surface area contributed by atoms with Gasteiger partial charge in [-0.3, -0.25) is 14.4 Å². The summed E-state index contributed by atoms with van der Waals surface area (Å²) in [5, 5.41) is 3.35. The van der Waals surface area contributed by atoms with Crippen LogP contribution in [-0.4, -0.2) is 47.2 Å². The molecule has 0 spiro atoms. The van der Waals surface area contributed by atoms with Crippen molar-refractivity contribution < 1.29 is 14.4 Å². The Balaban J connectivity index is 1.59. The minimum Gasteiger partial charge on any atom is -0.338 e. The predicted octanol–water partition coefficient (Wildman–Crippen LogP) is 3.48. The van der Waals surface area contributed by atoms with Gasteiger partial charge in [0.25, 0.3) is 0 Å². The first-order chi connectivity index (χ1) is 14.4. The highest BCUT2D eigenvalue weighted by atomic mass is 35.5. The summed E-state index contributed by atoms with van der Waals surface area (Å²) in [4.78, 5) is 41.1. The Bertz CT molecular complexity index is 933. The molecule has 1 saturated heterocycles. The molecule has 0 unspecified atom stereocenters. The Labute approximate surface area is 181 Å². The number of hydrogen-bond acceptors (Lipinski definition) is 3. The lowest BCUT2D eigenvalue weighted by atomic mass is 10.1. The Morgan fingerprint density at radius 3 is 2.63 bits per heavy atom. The van der Waals surface area contributed by atoms with E-state index in [1.165, 1.54) is 4.90 Å². The first-order valence-electron chi connectivity index (χ1n) is 10.0. The smallest absolute Gasteiger partial charge is 0.244 e. The quantitative estimate of drug-likeness (QED) is 0.735. The number of aryl methyl sites for hydroxylation is 1. The lowest BCUT2D eigenvalue weighted by Crippen LogP contribution is -2.42. The zero-order valence-corrected chi connectivity index (χ0v) is 18.0. The van der Waals surface area contributed by atoms with Crippen molar-refractivity contribution in [3.63, 3.8) is 0 Å². The molecule has 3 rings (SSSR count). The molecule has 6 nitrogen and oxygen atoms in total. The summed E-state index contributed by atoms with van der Waals surface area (Å²) < 4.78 is 0. The molecule has 7 heteroatoms. The third-order valence-corrected chi connectivity index (χ3v) is 5.52. The van der Waals surface area contributed by atoms with Crippen LogP contribution in [0.2, 0.25) is 5.02 Å². The zero-order chi connectivity index (χ0) is 21.7. The van der Waals surface area contributed by atoms with Crippen LogP contribution in [0.4, 0.5) is 5.69 Å². The van der Waals surface area contributed by atoms with E-state index in [1.54, 1.807) is 17.0 Å². The van der Waals surface area contributed by atoms with Gasteiger partial charge in [0, 0.05) is 36.8 Å². The number of likely N-dealkylation sites (N-methyl/N-ethyl adjacent to an activating group) is 1. The summed E-state index contributed by atoms with van der Waals surface area (Å²) in [5.74, 6) is -0.922. The molecule has 1 aliphatic heterocycles. The second-order valence-corrected chi connectivity index (χ2v) is 7.96. The van der Waals surface area contributed by atoms with E-state index in [2.05, 4.69) is 5.32 Å². The number of halogens is 1. The van der Waals surface area contributed by atoms with Gasteiger partial charge < -0.3 is 15.1 Å². The van der Waals surface area contributed by atoms with Crippen LogP contribution in [0.25, 0.3) is 0 Å². The summed E-state index contributed by atoms with van der Waals surface area (Å²) in [7, 11) is 0. The highest BCUT2D eigenvalue weighted by Gasteiger charge is 2.36. The van der Waals surface area contributed by atoms with Crippen LogP contribution < -0.4 is 5.32 Å². The van der Waals surface area contributed by atoms with Crippen molar-refractivity contribution in [2.75, 3.05) is 25.0 Å².